The minimum absolute atomic E-state index is 0.116. The molecule has 12 aromatic rings. The fraction of sp³-hybridized carbons (Fsp3) is 0.317. The van der Waals surface area contributed by atoms with Gasteiger partial charge in [-0.05, 0) is 144 Å². The summed E-state index contributed by atoms with van der Waals surface area (Å²) in [6.07, 6.45) is 15.7. The van der Waals surface area contributed by atoms with Crippen LogP contribution in [-0.4, -0.2) is 72.3 Å². The number of anilines is 4. The van der Waals surface area contributed by atoms with Crippen molar-refractivity contribution in [1.82, 2.24) is 19.9 Å². The highest BCUT2D eigenvalue weighted by Crippen LogP contribution is 2.58. The van der Waals surface area contributed by atoms with Crippen molar-refractivity contribution in [2.24, 2.45) is 0 Å². The maximum atomic E-state index is 4.02. The molecule has 4 saturated heterocycles. The molecule has 0 bridgehead atoms. The summed E-state index contributed by atoms with van der Waals surface area (Å²) in [5.41, 5.74) is 27.2. The molecule has 4 atom stereocenters. The van der Waals surface area contributed by atoms with E-state index in [1.54, 1.807) is 0 Å². The highest BCUT2D eigenvalue weighted by Gasteiger charge is 2.44. The molecule has 4 aliphatic heterocycles. The van der Waals surface area contributed by atoms with Gasteiger partial charge in [-0.2, -0.15) is 0 Å². The van der Waals surface area contributed by atoms with Crippen LogP contribution in [0.15, 0.2) is 194 Å². The van der Waals surface area contributed by atoms with Gasteiger partial charge in [0.1, 0.15) is 0 Å². The summed E-state index contributed by atoms with van der Waals surface area (Å²) in [6.45, 7) is 13.5. The lowest BCUT2D eigenvalue weighted by molar-refractivity contribution is 0.702. The molecule has 0 spiro atoms. The third kappa shape index (κ3) is 9.79. The van der Waals surface area contributed by atoms with Gasteiger partial charge in [0.25, 0.3) is 0 Å². The number of hydrogen-bond acceptors (Lipinski definition) is 4. The molecular weight excluding hydrogens is 1100 g/mol. The fourth-order valence-corrected chi connectivity index (χ4v) is 17.1. The lowest BCUT2D eigenvalue weighted by Crippen LogP contribution is -2.25. The van der Waals surface area contributed by atoms with Gasteiger partial charge < -0.3 is 39.5 Å². The van der Waals surface area contributed by atoms with Crippen LogP contribution in [0.4, 0.5) is 22.7 Å². The van der Waals surface area contributed by atoms with Crippen LogP contribution >= 0.6 is 0 Å². The zero-order valence-electron chi connectivity index (χ0n) is 52.7. The molecule has 0 unspecified atom stereocenters. The highest BCUT2D eigenvalue weighted by molar-refractivity contribution is 5.96. The van der Waals surface area contributed by atoms with Crippen molar-refractivity contribution in [2.45, 2.75) is 115 Å². The number of aromatic amines is 4. The van der Waals surface area contributed by atoms with Crippen LogP contribution in [0.1, 0.15) is 182 Å². The third-order valence-corrected chi connectivity index (χ3v) is 21.2. The molecule has 0 amide bonds. The van der Waals surface area contributed by atoms with Crippen LogP contribution in [0, 0.1) is 0 Å². The highest BCUT2D eigenvalue weighted by atomic mass is 15.2. The molecule has 4 N–H and O–H groups in total. The number of unbranched alkanes of at least 4 members (excludes halogenated alkanes) is 3. The SMILES string of the molecule is CCCCCC.c1ccc(N2CCCC2)c([C@@H]2c3[nH]c4ccccc4c3[C@H](c3ccccc3N3CCCC3)c3[nH]c4ccccc4c32)c1.c1ccc(N2CCCC2)c([C@H]2c3[nH]c4ccccc4c3[C@@H](c3ccccc3N3CCCC3)c3[nH]c4ccccc4c32)c1. The molecule has 4 aromatic heterocycles. The van der Waals surface area contributed by atoms with Gasteiger partial charge in [0.15, 0.2) is 0 Å². The van der Waals surface area contributed by atoms with E-state index < -0.39 is 0 Å². The van der Waals surface area contributed by atoms with E-state index in [0.717, 1.165) is 52.4 Å². The number of fused-ring (bicyclic) bond motifs is 12. The summed E-state index contributed by atoms with van der Waals surface area (Å²) in [7, 11) is 0. The van der Waals surface area contributed by atoms with Gasteiger partial charge in [-0.3, -0.25) is 0 Å². The maximum absolute atomic E-state index is 4.02. The molecule has 454 valence electrons. The first-order chi connectivity index (χ1) is 44.6. The Labute approximate surface area is 531 Å². The number of rotatable bonds is 11. The van der Waals surface area contributed by atoms with E-state index in [1.165, 1.54) is 211 Å². The predicted molar refractivity (Wildman–Crippen MR) is 378 cm³/mol. The second kappa shape index (κ2) is 24.5. The van der Waals surface area contributed by atoms with E-state index in [2.05, 4.69) is 248 Å². The van der Waals surface area contributed by atoms with Crippen LogP contribution in [0.2, 0.25) is 0 Å². The molecule has 8 nitrogen and oxygen atoms in total. The third-order valence-electron chi connectivity index (χ3n) is 21.2. The van der Waals surface area contributed by atoms with Crippen molar-refractivity contribution in [1.29, 1.82) is 0 Å². The van der Waals surface area contributed by atoms with Crippen molar-refractivity contribution in [3.8, 4) is 0 Å². The molecule has 4 fully saturated rings. The Morgan fingerprint density at radius 1 is 0.267 bits per heavy atom. The molecule has 8 aromatic carbocycles. The number of benzene rings is 8. The lowest BCUT2D eigenvalue weighted by atomic mass is 9.71. The Kier molecular flexibility index (Phi) is 15.3. The number of nitrogens with one attached hydrogen (secondary N) is 4. The Balaban J connectivity index is 0.000000132. The summed E-state index contributed by atoms with van der Waals surface area (Å²) >= 11 is 0. The number of H-pyrrole nitrogens is 4. The van der Waals surface area contributed by atoms with E-state index in [4.69, 9.17) is 0 Å². The van der Waals surface area contributed by atoms with Crippen molar-refractivity contribution < 1.29 is 0 Å². The molecule has 2 aliphatic carbocycles. The Morgan fingerprint density at radius 3 is 0.689 bits per heavy atom. The number of nitrogens with zero attached hydrogens (tertiary/aromatic N) is 4. The minimum atomic E-state index is 0.116. The van der Waals surface area contributed by atoms with Crippen LogP contribution in [0.25, 0.3) is 43.6 Å². The topological polar surface area (TPSA) is 76.1 Å². The Bertz CT molecular complexity index is 3940. The summed E-state index contributed by atoms with van der Waals surface area (Å²) in [4.78, 5) is 26.5. The summed E-state index contributed by atoms with van der Waals surface area (Å²) in [6, 6.07) is 72.6. The van der Waals surface area contributed by atoms with E-state index in [9.17, 15) is 0 Å². The van der Waals surface area contributed by atoms with Gasteiger partial charge in [-0.25, -0.2) is 0 Å². The molecule has 8 heterocycles. The van der Waals surface area contributed by atoms with Gasteiger partial charge in [-0.1, -0.05) is 185 Å². The molecular formula is C82H86N8. The Morgan fingerprint density at radius 2 is 0.467 bits per heavy atom. The van der Waals surface area contributed by atoms with E-state index in [1.807, 2.05) is 0 Å². The van der Waals surface area contributed by atoms with Gasteiger partial charge in [0.05, 0.1) is 23.7 Å². The molecule has 6 aliphatic rings. The number of aromatic nitrogens is 4. The van der Waals surface area contributed by atoms with Gasteiger partial charge >= 0.3 is 0 Å². The molecule has 0 saturated carbocycles. The van der Waals surface area contributed by atoms with Gasteiger partial charge in [0, 0.05) is 141 Å². The van der Waals surface area contributed by atoms with E-state index in [-0.39, 0.29) is 23.7 Å². The second-order valence-corrected chi connectivity index (χ2v) is 26.4. The first-order valence-corrected chi connectivity index (χ1v) is 34.4. The zero-order chi connectivity index (χ0) is 60.1. The van der Waals surface area contributed by atoms with Crippen molar-refractivity contribution in [3.05, 3.63) is 261 Å². The van der Waals surface area contributed by atoms with E-state index >= 15 is 0 Å². The number of para-hydroxylation sites is 8. The molecule has 90 heavy (non-hydrogen) atoms. The normalized spacial score (nSPS) is 19.3. The summed E-state index contributed by atoms with van der Waals surface area (Å²) < 4.78 is 0. The van der Waals surface area contributed by atoms with Crippen LogP contribution in [-0.2, 0) is 0 Å². The van der Waals surface area contributed by atoms with Crippen molar-refractivity contribution >= 4 is 66.4 Å². The van der Waals surface area contributed by atoms with Crippen LogP contribution in [0.3, 0.4) is 0 Å². The second-order valence-electron chi connectivity index (χ2n) is 26.4. The quantitative estimate of drug-likeness (QED) is 0.0974. The number of hydrogen-bond donors (Lipinski definition) is 4. The average Bonchev–Trinajstić information content (AvgIpc) is 1.54. The molecule has 0 radical (unpaired) electrons. The smallest absolute Gasteiger partial charge is 0.0539 e. The van der Waals surface area contributed by atoms with Crippen molar-refractivity contribution in [3.63, 3.8) is 0 Å². The van der Waals surface area contributed by atoms with Crippen LogP contribution in [0.5, 0.6) is 0 Å². The monoisotopic (exact) mass is 1180 g/mol. The Hall–Kier alpha value is -8.88. The average molecular weight is 1180 g/mol. The summed E-state index contributed by atoms with van der Waals surface area (Å²) in [5, 5.41) is 5.34. The van der Waals surface area contributed by atoms with Crippen LogP contribution < -0.4 is 19.6 Å². The molecule has 8 heteroatoms. The summed E-state index contributed by atoms with van der Waals surface area (Å²) in [5.74, 6) is 0.465. The maximum Gasteiger partial charge on any atom is 0.0539 e. The standard InChI is InChI=1S/2C38H36N4.C6H14/c2*1-5-17-29-25(13-1)33-35(27-15-3-7-19-31(27)41-21-9-10-22-41)38-34(26-14-2-6-18-30(26)40-38)36(37(33)39-29)28-16-4-8-20-32(28)42-23-11-12-24-42;1-3-5-6-4-2/h2*1-8,13-20,35-36,39-40H,9-12,21-24H2;3-6H2,1-2H3/t2*35-,36-;/m10./s1. The zero-order valence-corrected chi connectivity index (χ0v) is 52.7. The first-order valence-electron chi connectivity index (χ1n) is 34.4. The lowest BCUT2D eigenvalue weighted by Gasteiger charge is -2.35. The molecule has 18 rings (SSSR count). The van der Waals surface area contributed by atoms with Gasteiger partial charge in [0.2, 0.25) is 0 Å². The predicted octanol–water partition coefficient (Wildman–Crippen LogP) is 19.6. The van der Waals surface area contributed by atoms with Gasteiger partial charge in [-0.15, -0.1) is 0 Å². The van der Waals surface area contributed by atoms with Crippen molar-refractivity contribution in [2.75, 3.05) is 72.0 Å². The van der Waals surface area contributed by atoms with E-state index in [0.29, 0.717) is 0 Å². The largest absolute Gasteiger partial charge is 0.371 e. The first kappa shape index (κ1) is 56.4. The minimum Gasteiger partial charge on any atom is -0.371 e. The fourth-order valence-electron chi connectivity index (χ4n) is 17.1.